The van der Waals surface area contributed by atoms with Crippen molar-refractivity contribution in [3.63, 3.8) is 0 Å². The van der Waals surface area contributed by atoms with Gasteiger partial charge in [-0.3, -0.25) is 9.69 Å². The summed E-state index contributed by atoms with van der Waals surface area (Å²) in [4.78, 5) is 19.5. The van der Waals surface area contributed by atoms with Crippen LogP contribution in [0.4, 0.5) is 11.5 Å². The molecule has 2 heterocycles. The van der Waals surface area contributed by atoms with Gasteiger partial charge in [0.1, 0.15) is 5.82 Å². The number of nitrogens with zero attached hydrogens (tertiary/aromatic N) is 2. The van der Waals surface area contributed by atoms with Crippen molar-refractivity contribution in [3.05, 3.63) is 76.4 Å². The molecular formula is C24H27BrCl2N4O. The van der Waals surface area contributed by atoms with Crippen molar-refractivity contribution < 1.29 is 4.79 Å². The van der Waals surface area contributed by atoms with Gasteiger partial charge in [0.25, 0.3) is 5.91 Å². The summed E-state index contributed by atoms with van der Waals surface area (Å²) in [6, 6.07) is 18.1. The predicted octanol–water partition coefficient (Wildman–Crippen LogP) is 6.18. The summed E-state index contributed by atoms with van der Waals surface area (Å²) in [6.45, 7) is 3.06. The first-order chi connectivity index (χ1) is 14.6. The van der Waals surface area contributed by atoms with E-state index in [1.165, 1.54) is 36.0 Å². The second-order valence-electron chi connectivity index (χ2n) is 7.62. The molecule has 1 aromatic heterocycles. The summed E-state index contributed by atoms with van der Waals surface area (Å²) in [5, 5.41) is 2.92. The Labute approximate surface area is 209 Å². The maximum Gasteiger partial charge on any atom is 0.255 e. The number of benzene rings is 2. The zero-order valence-corrected chi connectivity index (χ0v) is 20.8. The van der Waals surface area contributed by atoms with E-state index in [1.807, 2.05) is 30.3 Å². The van der Waals surface area contributed by atoms with Crippen LogP contribution in [0.5, 0.6) is 0 Å². The number of carbonyl (C=O) groups is 1. The van der Waals surface area contributed by atoms with Crippen LogP contribution in [0.25, 0.3) is 11.1 Å². The molecule has 0 spiro atoms. The Hall–Kier alpha value is -2.12. The number of aromatic nitrogens is 1. The molecule has 0 saturated carbocycles. The summed E-state index contributed by atoms with van der Waals surface area (Å²) < 4.78 is 0.658. The van der Waals surface area contributed by atoms with Crippen LogP contribution >= 0.6 is 40.7 Å². The zero-order chi connectivity index (χ0) is 20.9. The number of nitrogen functional groups attached to an aromatic ring is 1. The maximum atomic E-state index is 12.9. The third-order valence-electron chi connectivity index (χ3n) is 5.42. The van der Waals surface area contributed by atoms with Crippen LogP contribution in [0.2, 0.25) is 0 Å². The Morgan fingerprint density at radius 3 is 2.44 bits per heavy atom. The van der Waals surface area contributed by atoms with Crippen molar-refractivity contribution in [1.29, 1.82) is 0 Å². The highest BCUT2D eigenvalue weighted by atomic mass is 79.9. The fourth-order valence-corrected chi connectivity index (χ4v) is 4.19. The third-order valence-corrected chi connectivity index (χ3v) is 6.06. The van der Waals surface area contributed by atoms with E-state index < -0.39 is 0 Å². The van der Waals surface area contributed by atoms with Crippen molar-refractivity contribution >= 4 is 58.2 Å². The van der Waals surface area contributed by atoms with E-state index in [2.05, 4.69) is 49.3 Å². The summed E-state index contributed by atoms with van der Waals surface area (Å²) in [5.74, 6) is 0.233. The van der Waals surface area contributed by atoms with Gasteiger partial charge in [-0.05, 0) is 76.8 Å². The highest BCUT2D eigenvalue weighted by molar-refractivity contribution is 9.10. The number of nitrogens with one attached hydrogen (secondary N) is 1. The van der Waals surface area contributed by atoms with Gasteiger partial charge in [-0.25, -0.2) is 4.98 Å². The highest BCUT2D eigenvalue weighted by Gasteiger charge is 2.16. The van der Waals surface area contributed by atoms with Crippen LogP contribution in [0.3, 0.4) is 0 Å². The lowest BCUT2D eigenvalue weighted by Crippen LogP contribution is -2.29. The molecule has 0 bridgehead atoms. The fourth-order valence-electron chi connectivity index (χ4n) is 3.84. The normalized spacial score (nSPS) is 13.5. The predicted molar refractivity (Wildman–Crippen MR) is 140 cm³/mol. The minimum absolute atomic E-state index is 0. The summed E-state index contributed by atoms with van der Waals surface area (Å²) in [6.07, 6.45) is 5.33. The van der Waals surface area contributed by atoms with Crippen LogP contribution in [0.1, 0.15) is 35.2 Å². The number of piperidine rings is 1. The first-order valence-electron chi connectivity index (χ1n) is 10.2. The number of anilines is 2. The van der Waals surface area contributed by atoms with Gasteiger partial charge in [-0.2, -0.15) is 0 Å². The molecule has 0 atom stereocenters. The van der Waals surface area contributed by atoms with Gasteiger partial charge in [-0.1, -0.05) is 42.8 Å². The zero-order valence-electron chi connectivity index (χ0n) is 17.6. The van der Waals surface area contributed by atoms with Crippen LogP contribution in [-0.4, -0.2) is 28.9 Å². The number of hydrogen-bond donors (Lipinski definition) is 2. The molecular weight excluding hydrogens is 511 g/mol. The lowest BCUT2D eigenvalue weighted by atomic mass is 9.96. The van der Waals surface area contributed by atoms with Crippen molar-refractivity contribution in [1.82, 2.24) is 9.88 Å². The molecule has 0 unspecified atom stereocenters. The molecule has 0 radical (unpaired) electrons. The second-order valence-corrected chi connectivity index (χ2v) is 8.47. The van der Waals surface area contributed by atoms with Gasteiger partial charge in [-0.15, -0.1) is 24.8 Å². The van der Waals surface area contributed by atoms with Crippen LogP contribution in [0, 0.1) is 0 Å². The molecule has 1 aliphatic heterocycles. The van der Waals surface area contributed by atoms with Crippen LogP contribution < -0.4 is 11.1 Å². The molecule has 1 fully saturated rings. The second kappa shape index (κ2) is 12.2. The molecule has 170 valence electrons. The Balaban J connectivity index is 0.00000181. The Morgan fingerprint density at radius 2 is 1.75 bits per heavy atom. The molecule has 8 heteroatoms. The van der Waals surface area contributed by atoms with Crippen molar-refractivity contribution in [2.75, 3.05) is 24.1 Å². The smallest absolute Gasteiger partial charge is 0.255 e. The Bertz CT molecular complexity index is 1040. The number of amides is 1. The van der Waals surface area contributed by atoms with E-state index in [-0.39, 0.29) is 30.7 Å². The molecule has 5 nitrogen and oxygen atoms in total. The molecule has 3 aromatic rings. The lowest BCUT2D eigenvalue weighted by molar-refractivity contribution is 0.102. The van der Waals surface area contributed by atoms with Gasteiger partial charge in [0.2, 0.25) is 0 Å². The number of rotatable bonds is 5. The lowest BCUT2D eigenvalue weighted by Gasteiger charge is -2.27. The molecule has 1 aliphatic rings. The molecule has 1 amide bonds. The highest BCUT2D eigenvalue weighted by Crippen LogP contribution is 2.28. The molecule has 4 rings (SSSR count). The van der Waals surface area contributed by atoms with E-state index in [9.17, 15) is 4.79 Å². The van der Waals surface area contributed by atoms with Crippen molar-refractivity contribution in [3.8, 4) is 11.1 Å². The third kappa shape index (κ3) is 6.45. The summed E-state index contributed by atoms with van der Waals surface area (Å²) in [5.41, 5.74) is 10.5. The van der Waals surface area contributed by atoms with Crippen LogP contribution in [0.15, 0.2) is 65.3 Å². The van der Waals surface area contributed by atoms with E-state index in [1.54, 1.807) is 12.3 Å². The van der Waals surface area contributed by atoms with E-state index in [4.69, 9.17) is 5.73 Å². The van der Waals surface area contributed by atoms with Gasteiger partial charge in [0.05, 0.1) is 16.4 Å². The minimum atomic E-state index is -0.159. The molecule has 32 heavy (non-hydrogen) atoms. The number of halogens is 3. The van der Waals surface area contributed by atoms with Gasteiger partial charge in [0.15, 0.2) is 0 Å². The topological polar surface area (TPSA) is 71.2 Å². The van der Waals surface area contributed by atoms with Crippen molar-refractivity contribution in [2.45, 2.75) is 25.8 Å². The van der Waals surface area contributed by atoms with E-state index in [0.717, 1.165) is 19.6 Å². The molecule has 1 saturated heterocycles. The number of hydrogen-bond acceptors (Lipinski definition) is 4. The molecule has 0 aliphatic carbocycles. The molecule has 3 N–H and O–H groups in total. The molecule has 2 aromatic carbocycles. The maximum absolute atomic E-state index is 12.9. The van der Waals surface area contributed by atoms with Crippen molar-refractivity contribution in [2.24, 2.45) is 0 Å². The minimum Gasteiger partial charge on any atom is -0.383 e. The first-order valence-corrected chi connectivity index (χ1v) is 11.0. The largest absolute Gasteiger partial charge is 0.383 e. The standard InChI is InChI=1S/C24H25BrN4O.2ClH/c25-22-14-20(15-27-23(22)26)28-24(30)18-9-10-21(17-7-3-1-4-8-17)19(13-18)16-29-11-5-2-6-12-29;;/h1,3-4,7-10,13-15H,2,5-6,11-12,16H2,(H2,26,27)(H,28,30);2*1H. The fraction of sp³-hybridized carbons (Fsp3) is 0.250. The number of pyridine rings is 1. The average molecular weight is 538 g/mol. The Morgan fingerprint density at radius 1 is 1.03 bits per heavy atom. The first kappa shape index (κ1) is 26.1. The van der Waals surface area contributed by atoms with E-state index >= 15 is 0 Å². The van der Waals surface area contributed by atoms with Gasteiger partial charge >= 0.3 is 0 Å². The van der Waals surface area contributed by atoms with Crippen LogP contribution in [-0.2, 0) is 6.54 Å². The summed E-state index contributed by atoms with van der Waals surface area (Å²) >= 11 is 3.35. The average Bonchev–Trinajstić information content (AvgIpc) is 2.77. The summed E-state index contributed by atoms with van der Waals surface area (Å²) in [7, 11) is 0. The number of carbonyl (C=O) groups excluding carboxylic acids is 1. The number of likely N-dealkylation sites (tertiary alicyclic amines) is 1. The van der Waals surface area contributed by atoms with Gasteiger partial charge < -0.3 is 11.1 Å². The quantitative estimate of drug-likeness (QED) is 0.408. The van der Waals surface area contributed by atoms with E-state index in [0.29, 0.717) is 21.5 Å². The monoisotopic (exact) mass is 536 g/mol. The van der Waals surface area contributed by atoms with Gasteiger partial charge in [0, 0.05) is 12.1 Å². The Kier molecular flexibility index (Phi) is 9.97. The SMILES string of the molecule is Cl.Cl.Nc1ncc(NC(=O)c2ccc(-c3ccccc3)c(CN3CCCCC3)c2)cc1Br. The number of nitrogens with two attached hydrogens (primary N) is 1.